The van der Waals surface area contributed by atoms with Crippen LogP contribution in [0.3, 0.4) is 0 Å². The van der Waals surface area contributed by atoms with Gasteiger partial charge in [0.2, 0.25) is 0 Å². The molecule has 0 N–H and O–H groups in total. The van der Waals surface area contributed by atoms with Gasteiger partial charge in [-0.25, -0.2) is 0 Å². The molecule has 0 fully saturated rings. The van der Waals surface area contributed by atoms with Crippen LogP contribution in [-0.4, -0.2) is 20.4 Å². The number of hydrogen-bond donors (Lipinski definition) is 0. The fraction of sp³-hybridized carbons (Fsp3) is 0.0800. The molecule has 0 amide bonds. The topological polar surface area (TPSA) is 20.3 Å². The molecule has 27 heavy (non-hydrogen) atoms. The van der Waals surface area contributed by atoms with Gasteiger partial charge in [0.05, 0.1) is 0 Å². The van der Waals surface area contributed by atoms with Crippen molar-refractivity contribution in [2.75, 3.05) is 19.0 Å². The molecule has 0 aliphatic heterocycles. The number of aldehydes is 1. The first kappa shape index (κ1) is 17.0. The summed E-state index contributed by atoms with van der Waals surface area (Å²) in [5.74, 6) is 0. The van der Waals surface area contributed by atoms with Gasteiger partial charge in [-0.1, -0.05) is 60.7 Å². The van der Waals surface area contributed by atoms with Crippen LogP contribution >= 0.6 is 0 Å². The minimum atomic E-state index is 0.706. The van der Waals surface area contributed by atoms with Crippen molar-refractivity contribution in [2.24, 2.45) is 0 Å². The number of benzene rings is 4. The summed E-state index contributed by atoms with van der Waals surface area (Å²) in [6, 6.07) is 29.2. The Morgan fingerprint density at radius 1 is 0.667 bits per heavy atom. The molecule has 0 aromatic heterocycles. The number of carbonyl (C=O) groups is 1. The van der Waals surface area contributed by atoms with E-state index in [1.54, 1.807) is 0 Å². The fourth-order valence-corrected chi connectivity index (χ4v) is 3.40. The maximum absolute atomic E-state index is 11.6. The van der Waals surface area contributed by atoms with Gasteiger partial charge in [-0.3, -0.25) is 4.79 Å². The summed E-state index contributed by atoms with van der Waals surface area (Å²) in [6.07, 6.45) is 0.930. The molecule has 2 nitrogen and oxygen atoms in total. The van der Waals surface area contributed by atoms with Crippen molar-refractivity contribution in [2.45, 2.75) is 0 Å². The summed E-state index contributed by atoms with van der Waals surface area (Å²) in [4.78, 5) is 13.7. The summed E-state index contributed by atoms with van der Waals surface area (Å²) in [5.41, 5.74) is 6.11. The van der Waals surface area contributed by atoms with Crippen LogP contribution in [0, 0.1) is 0 Å². The van der Waals surface area contributed by atoms with Crippen LogP contribution in [0.15, 0.2) is 84.9 Å². The van der Waals surface area contributed by atoms with Crippen molar-refractivity contribution in [1.29, 1.82) is 0 Å². The summed E-state index contributed by atoms with van der Waals surface area (Å²) in [6.45, 7) is 0. The van der Waals surface area contributed by atoms with E-state index < -0.39 is 0 Å². The molecule has 0 spiro atoms. The fourth-order valence-electron chi connectivity index (χ4n) is 3.40. The monoisotopic (exact) mass is 351 g/mol. The minimum absolute atomic E-state index is 0.706. The Balaban J connectivity index is 1.81. The molecule has 0 saturated carbocycles. The summed E-state index contributed by atoms with van der Waals surface area (Å²) >= 11 is 0. The molecule has 4 aromatic rings. The first-order valence-electron chi connectivity index (χ1n) is 9.02. The molecule has 4 aromatic carbocycles. The Morgan fingerprint density at radius 3 is 2.00 bits per heavy atom. The third kappa shape index (κ3) is 3.34. The maximum atomic E-state index is 11.6. The third-order valence-electron chi connectivity index (χ3n) is 4.96. The van der Waals surface area contributed by atoms with E-state index in [1.807, 2.05) is 26.2 Å². The normalized spacial score (nSPS) is 10.7. The van der Waals surface area contributed by atoms with Gasteiger partial charge >= 0.3 is 0 Å². The highest BCUT2D eigenvalue weighted by Crippen LogP contribution is 2.31. The number of rotatable bonds is 4. The van der Waals surface area contributed by atoms with E-state index in [4.69, 9.17) is 0 Å². The van der Waals surface area contributed by atoms with Crippen molar-refractivity contribution < 1.29 is 4.79 Å². The van der Waals surface area contributed by atoms with Gasteiger partial charge in [0.1, 0.15) is 0 Å². The smallest absolute Gasteiger partial charge is 0.150 e. The van der Waals surface area contributed by atoms with E-state index in [1.165, 1.54) is 10.8 Å². The number of hydrogen-bond acceptors (Lipinski definition) is 2. The number of fused-ring (bicyclic) bond motifs is 1. The van der Waals surface area contributed by atoms with Crippen LogP contribution in [0.1, 0.15) is 10.4 Å². The molecule has 0 aliphatic rings. The Morgan fingerprint density at radius 2 is 1.30 bits per heavy atom. The zero-order valence-corrected chi connectivity index (χ0v) is 15.5. The van der Waals surface area contributed by atoms with Gasteiger partial charge in [-0.2, -0.15) is 0 Å². The molecular formula is C25H21NO. The number of carbonyl (C=O) groups excluding carboxylic acids is 1. The number of anilines is 1. The molecule has 0 radical (unpaired) electrons. The van der Waals surface area contributed by atoms with E-state index in [9.17, 15) is 4.79 Å². The molecule has 0 bridgehead atoms. The lowest BCUT2D eigenvalue weighted by Gasteiger charge is -2.14. The zero-order valence-electron chi connectivity index (χ0n) is 15.5. The number of nitrogens with zero attached hydrogens (tertiary/aromatic N) is 1. The van der Waals surface area contributed by atoms with E-state index in [-0.39, 0.29) is 0 Å². The van der Waals surface area contributed by atoms with Gasteiger partial charge in [-0.05, 0) is 57.3 Å². The van der Waals surface area contributed by atoms with Gasteiger partial charge in [0, 0.05) is 25.3 Å². The van der Waals surface area contributed by atoms with Crippen molar-refractivity contribution in [3.63, 3.8) is 0 Å². The molecule has 0 aliphatic carbocycles. The van der Waals surface area contributed by atoms with Crippen LogP contribution in [0.4, 0.5) is 5.69 Å². The zero-order chi connectivity index (χ0) is 18.8. The SMILES string of the molecule is CN(C)c1ccc(-c2cc(-c3ccc4ccccc4c3)ccc2C=O)cc1. The van der Waals surface area contributed by atoms with Crippen LogP contribution in [-0.2, 0) is 0 Å². The first-order chi connectivity index (χ1) is 13.2. The highest BCUT2D eigenvalue weighted by Gasteiger charge is 2.08. The summed E-state index contributed by atoms with van der Waals surface area (Å²) in [5, 5.41) is 2.44. The standard InChI is InChI=1S/C25H21NO/c1-26(2)24-13-11-19(12-14-24)25-16-22(9-10-23(25)17-27)21-8-7-18-5-3-4-6-20(18)15-21/h3-17H,1-2H3. The van der Waals surface area contributed by atoms with Crippen LogP contribution in [0.5, 0.6) is 0 Å². The Kier molecular flexibility index (Phi) is 4.47. The van der Waals surface area contributed by atoms with Crippen molar-refractivity contribution >= 4 is 22.7 Å². The van der Waals surface area contributed by atoms with Gasteiger partial charge in [0.25, 0.3) is 0 Å². The lowest BCUT2D eigenvalue weighted by Crippen LogP contribution is -2.07. The first-order valence-corrected chi connectivity index (χ1v) is 9.02. The predicted molar refractivity (Wildman–Crippen MR) is 115 cm³/mol. The van der Waals surface area contributed by atoms with Crippen LogP contribution in [0.25, 0.3) is 33.0 Å². The second kappa shape index (κ2) is 7.08. The Labute approximate surface area is 159 Å². The third-order valence-corrected chi connectivity index (χ3v) is 4.96. The predicted octanol–water partition coefficient (Wildman–Crippen LogP) is 6.05. The Hall–Kier alpha value is -3.39. The molecule has 0 unspecified atom stereocenters. The van der Waals surface area contributed by atoms with Crippen molar-refractivity contribution in [3.05, 3.63) is 90.5 Å². The molecular weight excluding hydrogens is 330 g/mol. The van der Waals surface area contributed by atoms with E-state index in [0.29, 0.717) is 5.56 Å². The van der Waals surface area contributed by atoms with Crippen molar-refractivity contribution in [3.8, 4) is 22.3 Å². The van der Waals surface area contributed by atoms with E-state index in [2.05, 4.69) is 77.7 Å². The summed E-state index contributed by atoms with van der Waals surface area (Å²) in [7, 11) is 4.04. The minimum Gasteiger partial charge on any atom is -0.378 e. The average Bonchev–Trinajstić information content (AvgIpc) is 2.73. The van der Waals surface area contributed by atoms with Crippen molar-refractivity contribution in [1.82, 2.24) is 0 Å². The van der Waals surface area contributed by atoms with Gasteiger partial charge in [0.15, 0.2) is 6.29 Å². The van der Waals surface area contributed by atoms with Gasteiger partial charge < -0.3 is 4.90 Å². The van der Waals surface area contributed by atoms with Crippen LogP contribution < -0.4 is 4.90 Å². The van der Waals surface area contributed by atoms with E-state index in [0.717, 1.165) is 34.2 Å². The molecule has 0 atom stereocenters. The average molecular weight is 351 g/mol. The molecule has 0 heterocycles. The lowest BCUT2D eigenvalue weighted by atomic mass is 9.94. The van der Waals surface area contributed by atoms with E-state index >= 15 is 0 Å². The molecule has 4 rings (SSSR count). The largest absolute Gasteiger partial charge is 0.378 e. The second-order valence-corrected chi connectivity index (χ2v) is 6.92. The quantitative estimate of drug-likeness (QED) is 0.417. The highest BCUT2D eigenvalue weighted by atomic mass is 16.1. The lowest BCUT2D eigenvalue weighted by molar-refractivity contribution is 0.112. The second-order valence-electron chi connectivity index (χ2n) is 6.92. The molecule has 2 heteroatoms. The molecule has 132 valence electrons. The van der Waals surface area contributed by atoms with Crippen LogP contribution in [0.2, 0.25) is 0 Å². The summed E-state index contributed by atoms with van der Waals surface area (Å²) < 4.78 is 0. The molecule has 0 saturated heterocycles. The highest BCUT2D eigenvalue weighted by molar-refractivity contribution is 5.92. The van der Waals surface area contributed by atoms with Gasteiger partial charge in [-0.15, -0.1) is 0 Å². The maximum Gasteiger partial charge on any atom is 0.150 e. The Bertz CT molecular complexity index is 1110.